The number of ether oxygens (including phenoxy) is 1. The van der Waals surface area contributed by atoms with E-state index in [1.165, 1.54) is 6.20 Å². The number of sulfonamides is 1. The zero-order chi connectivity index (χ0) is 13.9. The van der Waals surface area contributed by atoms with Crippen molar-refractivity contribution in [3.8, 4) is 0 Å². The number of aromatic nitrogens is 1. The average molecular weight is 307 g/mol. The van der Waals surface area contributed by atoms with Crippen molar-refractivity contribution in [1.82, 2.24) is 9.29 Å². The van der Waals surface area contributed by atoms with Gasteiger partial charge in [-0.1, -0.05) is 0 Å². The molecule has 2 rings (SSSR count). The molecule has 0 aromatic carbocycles. The van der Waals surface area contributed by atoms with E-state index in [4.69, 9.17) is 16.3 Å². The third-order valence-electron chi connectivity index (χ3n) is 3.47. The number of nitrogens with zero attached hydrogens (tertiary/aromatic N) is 1. The molecule has 5 nitrogen and oxygen atoms in total. The first-order valence-electron chi connectivity index (χ1n) is 6.30. The van der Waals surface area contributed by atoms with E-state index < -0.39 is 10.0 Å². The fourth-order valence-corrected chi connectivity index (χ4v) is 3.99. The normalized spacial score (nSPS) is 18.8. The standard InChI is InChI=1S/C12H19ClN2O3S/c1-18-9-10-2-4-15(5-3-10)19(16,17)12-6-11(7-13)14-8-12/h6,8,10,14H,2-5,7,9H2,1H3. The molecule has 0 amide bonds. The molecule has 1 saturated heterocycles. The Hall–Kier alpha value is -0.560. The van der Waals surface area contributed by atoms with Crippen LogP contribution in [0.15, 0.2) is 17.2 Å². The molecule has 0 bridgehead atoms. The Morgan fingerprint density at radius 2 is 2.16 bits per heavy atom. The number of hydrogen-bond donors (Lipinski definition) is 1. The summed E-state index contributed by atoms with van der Waals surface area (Å²) < 4.78 is 31.5. The van der Waals surface area contributed by atoms with E-state index in [0.717, 1.165) is 18.5 Å². The molecule has 1 N–H and O–H groups in total. The van der Waals surface area contributed by atoms with Crippen LogP contribution in [0.1, 0.15) is 18.5 Å². The lowest BCUT2D eigenvalue weighted by atomic mass is 9.99. The van der Waals surface area contributed by atoms with Gasteiger partial charge in [0.2, 0.25) is 10.0 Å². The van der Waals surface area contributed by atoms with Crippen molar-refractivity contribution in [3.63, 3.8) is 0 Å². The third kappa shape index (κ3) is 3.31. The monoisotopic (exact) mass is 306 g/mol. The smallest absolute Gasteiger partial charge is 0.244 e. The largest absolute Gasteiger partial charge is 0.384 e. The highest BCUT2D eigenvalue weighted by atomic mass is 35.5. The highest BCUT2D eigenvalue weighted by Crippen LogP contribution is 2.24. The molecule has 0 saturated carbocycles. The Morgan fingerprint density at radius 1 is 1.47 bits per heavy atom. The number of hydrogen-bond acceptors (Lipinski definition) is 3. The zero-order valence-corrected chi connectivity index (χ0v) is 12.5. The number of piperidine rings is 1. The minimum atomic E-state index is -3.39. The van der Waals surface area contributed by atoms with Gasteiger partial charge in [0, 0.05) is 38.7 Å². The lowest BCUT2D eigenvalue weighted by Crippen LogP contribution is -2.39. The molecule has 0 spiro atoms. The predicted octanol–water partition coefficient (Wildman–Crippen LogP) is 1.80. The van der Waals surface area contributed by atoms with Crippen molar-refractivity contribution in [2.24, 2.45) is 5.92 Å². The molecule has 19 heavy (non-hydrogen) atoms. The lowest BCUT2D eigenvalue weighted by molar-refractivity contribution is 0.121. The summed E-state index contributed by atoms with van der Waals surface area (Å²) in [4.78, 5) is 3.17. The number of nitrogens with one attached hydrogen (secondary N) is 1. The van der Waals surface area contributed by atoms with Crippen LogP contribution >= 0.6 is 11.6 Å². The van der Waals surface area contributed by atoms with E-state index in [1.54, 1.807) is 17.5 Å². The summed E-state index contributed by atoms with van der Waals surface area (Å²) >= 11 is 5.68. The van der Waals surface area contributed by atoms with Crippen LogP contribution in [0.2, 0.25) is 0 Å². The quantitative estimate of drug-likeness (QED) is 0.844. The SMILES string of the molecule is COCC1CCN(S(=O)(=O)c2c[nH]c(CCl)c2)CC1. The maximum absolute atomic E-state index is 12.4. The Balaban J connectivity index is 2.05. The molecule has 2 heterocycles. The maximum atomic E-state index is 12.4. The molecule has 0 unspecified atom stereocenters. The van der Waals surface area contributed by atoms with E-state index in [9.17, 15) is 8.42 Å². The van der Waals surface area contributed by atoms with Crippen LogP contribution in [0.5, 0.6) is 0 Å². The van der Waals surface area contributed by atoms with E-state index in [0.29, 0.717) is 30.5 Å². The summed E-state index contributed by atoms with van der Waals surface area (Å²) in [7, 11) is -1.71. The summed E-state index contributed by atoms with van der Waals surface area (Å²) in [6.45, 7) is 1.81. The molecular weight excluding hydrogens is 288 g/mol. The summed E-state index contributed by atoms with van der Waals surface area (Å²) in [6, 6.07) is 1.60. The topological polar surface area (TPSA) is 62.4 Å². The van der Waals surface area contributed by atoms with Crippen molar-refractivity contribution < 1.29 is 13.2 Å². The van der Waals surface area contributed by atoms with Crippen molar-refractivity contribution in [3.05, 3.63) is 18.0 Å². The lowest BCUT2D eigenvalue weighted by Gasteiger charge is -2.30. The van der Waals surface area contributed by atoms with Crippen LogP contribution in [0.25, 0.3) is 0 Å². The first-order chi connectivity index (χ1) is 9.07. The van der Waals surface area contributed by atoms with Gasteiger partial charge in [0.15, 0.2) is 0 Å². The predicted molar refractivity (Wildman–Crippen MR) is 73.7 cm³/mol. The molecule has 1 aromatic heterocycles. The Morgan fingerprint density at radius 3 is 2.68 bits per heavy atom. The molecule has 1 aliphatic rings. The van der Waals surface area contributed by atoms with Crippen molar-refractivity contribution in [2.45, 2.75) is 23.6 Å². The highest BCUT2D eigenvalue weighted by molar-refractivity contribution is 7.89. The third-order valence-corrected chi connectivity index (χ3v) is 5.64. The molecule has 1 aliphatic heterocycles. The van der Waals surface area contributed by atoms with Gasteiger partial charge in [-0.05, 0) is 24.8 Å². The second kappa shape index (κ2) is 6.26. The van der Waals surface area contributed by atoms with Crippen LogP contribution in [-0.4, -0.2) is 44.5 Å². The van der Waals surface area contributed by atoms with E-state index in [-0.39, 0.29) is 5.88 Å². The first kappa shape index (κ1) is 14.8. The number of H-pyrrole nitrogens is 1. The zero-order valence-electron chi connectivity index (χ0n) is 10.9. The fourth-order valence-electron chi connectivity index (χ4n) is 2.35. The first-order valence-corrected chi connectivity index (χ1v) is 8.27. The Bertz CT molecular complexity index is 507. The van der Waals surface area contributed by atoms with E-state index in [2.05, 4.69) is 4.98 Å². The maximum Gasteiger partial charge on any atom is 0.244 e. The van der Waals surface area contributed by atoms with Gasteiger partial charge >= 0.3 is 0 Å². The summed E-state index contributed by atoms with van der Waals surface area (Å²) in [5.74, 6) is 0.742. The number of aromatic amines is 1. The summed E-state index contributed by atoms with van der Waals surface area (Å²) in [5, 5.41) is 0. The number of rotatable bonds is 5. The molecular formula is C12H19ClN2O3S. The van der Waals surface area contributed by atoms with Gasteiger partial charge in [-0.3, -0.25) is 0 Å². The van der Waals surface area contributed by atoms with Gasteiger partial charge < -0.3 is 9.72 Å². The Kier molecular flexibility index (Phi) is 4.89. The van der Waals surface area contributed by atoms with Gasteiger partial charge in [-0.15, -0.1) is 11.6 Å². The molecule has 108 valence electrons. The van der Waals surface area contributed by atoms with Crippen LogP contribution in [0, 0.1) is 5.92 Å². The highest BCUT2D eigenvalue weighted by Gasteiger charge is 2.29. The second-order valence-electron chi connectivity index (χ2n) is 4.80. The molecule has 7 heteroatoms. The van der Waals surface area contributed by atoms with Crippen molar-refractivity contribution >= 4 is 21.6 Å². The van der Waals surface area contributed by atoms with E-state index in [1.807, 2.05) is 0 Å². The van der Waals surface area contributed by atoms with Gasteiger partial charge in [-0.2, -0.15) is 4.31 Å². The van der Waals surface area contributed by atoms with Gasteiger partial charge in [0.25, 0.3) is 0 Å². The minimum absolute atomic E-state index is 0.283. The van der Waals surface area contributed by atoms with Crippen LogP contribution in [0.3, 0.4) is 0 Å². The summed E-state index contributed by atoms with van der Waals surface area (Å²) in [5.41, 5.74) is 0.717. The molecule has 1 fully saturated rings. The van der Waals surface area contributed by atoms with Crippen LogP contribution < -0.4 is 0 Å². The minimum Gasteiger partial charge on any atom is -0.384 e. The molecule has 0 atom stereocenters. The number of methoxy groups -OCH3 is 1. The van der Waals surface area contributed by atoms with Gasteiger partial charge in [0.05, 0.1) is 10.8 Å². The molecule has 0 radical (unpaired) electrons. The second-order valence-corrected chi connectivity index (χ2v) is 7.00. The van der Waals surface area contributed by atoms with Crippen LogP contribution in [0.4, 0.5) is 0 Å². The Labute approximate surface area is 118 Å². The average Bonchev–Trinajstić information content (AvgIpc) is 2.89. The number of halogens is 1. The molecule has 1 aromatic rings. The fraction of sp³-hybridized carbons (Fsp3) is 0.667. The van der Waals surface area contributed by atoms with Crippen LogP contribution in [-0.2, 0) is 20.6 Å². The van der Waals surface area contributed by atoms with Crippen molar-refractivity contribution in [1.29, 1.82) is 0 Å². The van der Waals surface area contributed by atoms with Gasteiger partial charge in [0.1, 0.15) is 0 Å². The van der Waals surface area contributed by atoms with Gasteiger partial charge in [-0.25, -0.2) is 8.42 Å². The van der Waals surface area contributed by atoms with Crippen molar-refractivity contribution in [2.75, 3.05) is 26.8 Å². The summed E-state index contributed by atoms with van der Waals surface area (Å²) in [6.07, 6.45) is 3.20. The van der Waals surface area contributed by atoms with E-state index >= 15 is 0 Å². The number of alkyl halides is 1. The molecule has 0 aliphatic carbocycles.